The van der Waals surface area contributed by atoms with Gasteiger partial charge in [-0.3, -0.25) is 4.79 Å². The lowest BCUT2D eigenvalue weighted by molar-refractivity contribution is 0.112. The van der Waals surface area contributed by atoms with Gasteiger partial charge in [0.15, 0.2) is 0 Å². The third kappa shape index (κ3) is 3.14. The molecular formula is C10H11NO2S. The first kappa shape index (κ1) is 10.7. The van der Waals surface area contributed by atoms with Gasteiger partial charge in [0, 0.05) is 11.3 Å². The van der Waals surface area contributed by atoms with E-state index in [2.05, 4.69) is 5.32 Å². The maximum absolute atomic E-state index is 10.5. The van der Waals surface area contributed by atoms with Crippen molar-refractivity contribution in [2.75, 3.05) is 11.9 Å². The first-order valence-electron chi connectivity index (χ1n) is 4.25. The lowest BCUT2D eigenvalue weighted by Crippen LogP contribution is -2.12. The molecule has 0 fully saturated rings. The molecule has 0 heterocycles. The molecule has 0 saturated heterocycles. The molecule has 1 rings (SSSR count). The smallest absolute Gasteiger partial charge is 0.261 e. The normalized spacial score (nSPS) is 9.21. The summed E-state index contributed by atoms with van der Waals surface area (Å²) in [5.41, 5.74) is 1.36. The molecule has 0 aliphatic heterocycles. The van der Waals surface area contributed by atoms with Crippen LogP contribution in [0.5, 0.6) is 0 Å². The zero-order chi connectivity index (χ0) is 10.4. The number of hydrogen-bond donors (Lipinski definition) is 1. The highest BCUT2D eigenvalue weighted by molar-refractivity contribution is 7.80. The molecule has 3 nitrogen and oxygen atoms in total. The van der Waals surface area contributed by atoms with Gasteiger partial charge in [-0.25, -0.2) is 0 Å². The van der Waals surface area contributed by atoms with Crippen molar-refractivity contribution in [1.82, 2.24) is 0 Å². The van der Waals surface area contributed by atoms with E-state index in [-0.39, 0.29) is 0 Å². The number of hydrogen-bond acceptors (Lipinski definition) is 3. The number of rotatable bonds is 3. The summed E-state index contributed by atoms with van der Waals surface area (Å²) in [4.78, 5) is 10.5. The second kappa shape index (κ2) is 5.34. The summed E-state index contributed by atoms with van der Waals surface area (Å²) < 4.78 is 5.05. The summed E-state index contributed by atoms with van der Waals surface area (Å²) in [6.07, 6.45) is 0.787. The average molecular weight is 209 g/mol. The molecule has 0 atom stereocenters. The summed E-state index contributed by atoms with van der Waals surface area (Å²) >= 11 is 4.89. The fraction of sp³-hybridized carbons (Fsp3) is 0.200. The Morgan fingerprint density at radius 1 is 1.64 bits per heavy atom. The number of carbonyl (C=O) groups is 1. The van der Waals surface area contributed by atoms with Gasteiger partial charge in [-0.2, -0.15) is 0 Å². The van der Waals surface area contributed by atoms with Crippen LogP contribution in [0.1, 0.15) is 17.3 Å². The van der Waals surface area contributed by atoms with E-state index in [0.717, 1.165) is 12.0 Å². The second-order valence-corrected chi connectivity index (χ2v) is 2.96. The van der Waals surface area contributed by atoms with Crippen molar-refractivity contribution in [3.63, 3.8) is 0 Å². The van der Waals surface area contributed by atoms with Crippen molar-refractivity contribution in [3.8, 4) is 0 Å². The van der Waals surface area contributed by atoms with Crippen molar-refractivity contribution in [2.24, 2.45) is 0 Å². The maximum Gasteiger partial charge on any atom is 0.261 e. The van der Waals surface area contributed by atoms with Crippen LogP contribution in [-0.4, -0.2) is 18.1 Å². The zero-order valence-electron chi connectivity index (χ0n) is 7.82. The van der Waals surface area contributed by atoms with Gasteiger partial charge in [0.1, 0.15) is 6.29 Å². The number of anilines is 1. The lowest BCUT2D eigenvalue weighted by Gasteiger charge is -2.07. The van der Waals surface area contributed by atoms with Gasteiger partial charge in [-0.05, 0) is 31.3 Å². The largest absolute Gasteiger partial charge is 0.471 e. The van der Waals surface area contributed by atoms with Gasteiger partial charge in [0.05, 0.1) is 6.61 Å². The Morgan fingerprint density at radius 3 is 3.07 bits per heavy atom. The van der Waals surface area contributed by atoms with Crippen LogP contribution < -0.4 is 5.32 Å². The molecule has 0 unspecified atom stereocenters. The average Bonchev–Trinajstić information content (AvgIpc) is 2.18. The van der Waals surface area contributed by atoms with Crippen LogP contribution in [0, 0.1) is 0 Å². The molecule has 0 bridgehead atoms. The van der Waals surface area contributed by atoms with E-state index >= 15 is 0 Å². The quantitative estimate of drug-likeness (QED) is 0.612. The fourth-order valence-corrected chi connectivity index (χ4v) is 1.21. The predicted molar refractivity (Wildman–Crippen MR) is 59.7 cm³/mol. The van der Waals surface area contributed by atoms with Crippen molar-refractivity contribution in [2.45, 2.75) is 6.92 Å². The minimum atomic E-state index is 0.315. The highest BCUT2D eigenvalue weighted by Gasteiger charge is 1.98. The van der Waals surface area contributed by atoms with Gasteiger partial charge in [-0.15, -0.1) is 0 Å². The Hall–Kier alpha value is -1.42. The van der Waals surface area contributed by atoms with E-state index in [0.29, 0.717) is 17.3 Å². The minimum Gasteiger partial charge on any atom is -0.471 e. The van der Waals surface area contributed by atoms with E-state index in [9.17, 15) is 4.79 Å². The van der Waals surface area contributed by atoms with Crippen LogP contribution in [0.25, 0.3) is 0 Å². The van der Waals surface area contributed by atoms with Gasteiger partial charge in [0.25, 0.3) is 5.17 Å². The molecule has 1 aromatic rings. The molecule has 0 radical (unpaired) electrons. The molecule has 14 heavy (non-hydrogen) atoms. The first-order valence-corrected chi connectivity index (χ1v) is 4.66. The lowest BCUT2D eigenvalue weighted by atomic mass is 10.2. The van der Waals surface area contributed by atoms with Crippen molar-refractivity contribution < 1.29 is 9.53 Å². The Balaban J connectivity index is 2.66. The van der Waals surface area contributed by atoms with Crippen molar-refractivity contribution in [1.29, 1.82) is 0 Å². The topological polar surface area (TPSA) is 38.3 Å². The van der Waals surface area contributed by atoms with Gasteiger partial charge < -0.3 is 10.1 Å². The summed E-state index contributed by atoms with van der Waals surface area (Å²) in [5.74, 6) is 0. The van der Waals surface area contributed by atoms with E-state index in [1.165, 1.54) is 0 Å². The summed E-state index contributed by atoms with van der Waals surface area (Å²) in [6, 6.07) is 7.03. The van der Waals surface area contributed by atoms with Crippen molar-refractivity contribution >= 4 is 29.4 Å². The van der Waals surface area contributed by atoms with E-state index in [4.69, 9.17) is 17.0 Å². The van der Waals surface area contributed by atoms with Crippen LogP contribution >= 0.6 is 12.2 Å². The predicted octanol–water partition coefficient (Wildman–Crippen LogP) is 2.23. The third-order valence-corrected chi connectivity index (χ3v) is 1.76. The summed E-state index contributed by atoms with van der Waals surface area (Å²) in [6.45, 7) is 2.38. The van der Waals surface area contributed by atoms with E-state index < -0.39 is 0 Å². The number of nitrogens with one attached hydrogen (secondary N) is 1. The fourth-order valence-electron chi connectivity index (χ4n) is 0.975. The highest BCUT2D eigenvalue weighted by Crippen LogP contribution is 2.09. The standard InChI is InChI=1S/C10H11NO2S/c1-2-13-10(14)11-9-5-3-4-8(6-9)7-12/h3-7H,2H2,1H3,(H,11,14). The SMILES string of the molecule is CCOC(=S)Nc1cccc(C=O)c1. The van der Waals surface area contributed by atoms with Crippen LogP contribution in [0.3, 0.4) is 0 Å². The molecule has 0 aliphatic rings. The van der Waals surface area contributed by atoms with Crippen LogP contribution in [0.4, 0.5) is 5.69 Å². The molecular weight excluding hydrogens is 198 g/mol. The molecule has 1 aromatic carbocycles. The summed E-state index contributed by atoms with van der Waals surface area (Å²) in [7, 11) is 0. The number of benzene rings is 1. The molecule has 1 N–H and O–H groups in total. The molecule has 0 saturated carbocycles. The van der Waals surface area contributed by atoms with Crippen LogP contribution in [0.2, 0.25) is 0 Å². The number of aldehydes is 1. The second-order valence-electron chi connectivity index (χ2n) is 2.59. The molecule has 74 valence electrons. The third-order valence-electron chi connectivity index (χ3n) is 1.54. The van der Waals surface area contributed by atoms with Gasteiger partial charge >= 0.3 is 0 Å². The Bertz CT molecular complexity index is 339. The Kier molecular flexibility index (Phi) is 4.07. The first-order chi connectivity index (χ1) is 6.76. The van der Waals surface area contributed by atoms with Crippen molar-refractivity contribution in [3.05, 3.63) is 29.8 Å². The molecule has 0 amide bonds. The van der Waals surface area contributed by atoms with Crippen LogP contribution in [-0.2, 0) is 4.74 Å². The number of carbonyl (C=O) groups excluding carboxylic acids is 1. The molecule has 4 heteroatoms. The minimum absolute atomic E-state index is 0.315. The molecule has 0 aromatic heterocycles. The Morgan fingerprint density at radius 2 is 2.43 bits per heavy atom. The highest BCUT2D eigenvalue weighted by atomic mass is 32.1. The van der Waals surface area contributed by atoms with Crippen LogP contribution in [0.15, 0.2) is 24.3 Å². The van der Waals surface area contributed by atoms with E-state index in [1.807, 2.05) is 13.0 Å². The molecule has 0 spiro atoms. The van der Waals surface area contributed by atoms with Gasteiger partial charge in [0.2, 0.25) is 0 Å². The van der Waals surface area contributed by atoms with E-state index in [1.54, 1.807) is 18.2 Å². The monoisotopic (exact) mass is 209 g/mol. The molecule has 0 aliphatic carbocycles. The Labute approximate surface area is 88.1 Å². The maximum atomic E-state index is 10.5. The zero-order valence-corrected chi connectivity index (χ0v) is 8.64. The van der Waals surface area contributed by atoms with Gasteiger partial charge in [-0.1, -0.05) is 12.1 Å². The number of ether oxygens (including phenoxy) is 1. The number of thiocarbonyl (C=S) groups is 1. The summed E-state index contributed by atoms with van der Waals surface area (Å²) in [5, 5.41) is 3.18.